The van der Waals surface area contributed by atoms with Crippen LogP contribution in [0.5, 0.6) is 0 Å². The number of hydrogen-bond acceptors (Lipinski definition) is 2. The predicted molar refractivity (Wildman–Crippen MR) is 108 cm³/mol. The van der Waals surface area contributed by atoms with Crippen LogP contribution in [0.4, 0.5) is 5.69 Å². The fourth-order valence-corrected chi connectivity index (χ4v) is 4.69. The molecule has 1 aromatic rings. The quantitative estimate of drug-likeness (QED) is 0.628. The van der Waals surface area contributed by atoms with Gasteiger partial charge in [0.2, 0.25) is 0 Å². The van der Waals surface area contributed by atoms with E-state index in [4.69, 9.17) is 0 Å². The number of likely N-dealkylation sites (N-methyl/N-ethyl adjacent to an activating group) is 1. The molecule has 2 nitrogen and oxygen atoms in total. The molecule has 3 rings (SSSR count). The van der Waals surface area contributed by atoms with Gasteiger partial charge in [-0.15, -0.1) is 0 Å². The van der Waals surface area contributed by atoms with Gasteiger partial charge in [0.05, 0.1) is 6.17 Å². The maximum Gasteiger partial charge on any atom is 0.0923 e. The Morgan fingerprint density at radius 3 is 2.58 bits per heavy atom. The number of likely N-dealkylation sites (tertiary alicyclic amines) is 1. The lowest BCUT2D eigenvalue weighted by Crippen LogP contribution is -2.48. The van der Waals surface area contributed by atoms with E-state index >= 15 is 0 Å². The van der Waals surface area contributed by atoms with E-state index in [1.807, 2.05) is 0 Å². The van der Waals surface area contributed by atoms with Crippen LogP contribution in [-0.2, 0) is 5.41 Å². The fraction of sp³-hybridized carbons (Fsp3) is 0.524. The Bertz CT molecular complexity index is 683. The minimum Gasteiger partial charge on any atom is -0.351 e. The summed E-state index contributed by atoms with van der Waals surface area (Å²) in [7, 11) is 2.28. The van der Waals surface area contributed by atoms with Crippen LogP contribution in [0.15, 0.2) is 46.0 Å². The van der Waals surface area contributed by atoms with Crippen molar-refractivity contribution in [1.29, 1.82) is 0 Å². The van der Waals surface area contributed by atoms with Crippen molar-refractivity contribution in [1.82, 2.24) is 4.90 Å². The molecule has 0 amide bonds. The van der Waals surface area contributed by atoms with Gasteiger partial charge < -0.3 is 4.90 Å². The fourth-order valence-electron chi connectivity index (χ4n) is 4.34. The lowest BCUT2D eigenvalue weighted by Gasteiger charge is -2.36. The summed E-state index contributed by atoms with van der Waals surface area (Å²) < 4.78 is 1.17. The molecule has 1 saturated heterocycles. The van der Waals surface area contributed by atoms with E-state index in [9.17, 15) is 0 Å². The summed E-state index contributed by atoms with van der Waals surface area (Å²) in [6.45, 7) is 10.9. The molecule has 1 unspecified atom stereocenters. The van der Waals surface area contributed by atoms with E-state index in [1.54, 1.807) is 0 Å². The zero-order valence-corrected chi connectivity index (χ0v) is 17.2. The van der Waals surface area contributed by atoms with Crippen LogP contribution in [0.3, 0.4) is 0 Å². The van der Waals surface area contributed by atoms with E-state index in [0.717, 1.165) is 13.0 Å². The zero-order chi connectivity index (χ0) is 17.5. The van der Waals surface area contributed by atoms with Gasteiger partial charge in [-0.2, -0.15) is 0 Å². The molecule has 0 aliphatic carbocycles. The van der Waals surface area contributed by atoms with Crippen LogP contribution < -0.4 is 4.90 Å². The van der Waals surface area contributed by atoms with Crippen LogP contribution in [-0.4, -0.2) is 31.2 Å². The van der Waals surface area contributed by atoms with Gasteiger partial charge in [-0.1, -0.05) is 45.3 Å². The number of halogens is 1. The van der Waals surface area contributed by atoms with Crippen LogP contribution in [0.25, 0.3) is 0 Å². The molecule has 0 N–H and O–H groups in total. The molecule has 2 aliphatic rings. The third-order valence-electron chi connectivity index (χ3n) is 5.49. The first-order valence-electron chi connectivity index (χ1n) is 8.89. The van der Waals surface area contributed by atoms with Crippen molar-refractivity contribution in [2.75, 3.05) is 25.0 Å². The summed E-state index contributed by atoms with van der Waals surface area (Å²) in [6.07, 6.45) is 7.60. The molecule has 130 valence electrons. The molecular formula is C21H29BrN2. The molecule has 2 aliphatic heterocycles. The molecule has 3 heteroatoms. The highest BCUT2D eigenvalue weighted by Crippen LogP contribution is 2.54. The van der Waals surface area contributed by atoms with Crippen molar-refractivity contribution in [3.8, 4) is 0 Å². The van der Waals surface area contributed by atoms with Crippen molar-refractivity contribution in [3.05, 3.63) is 51.5 Å². The van der Waals surface area contributed by atoms with Crippen LogP contribution in [0.1, 0.15) is 46.1 Å². The summed E-state index contributed by atoms with van der Waals surface area (Å²) in [6, 6.07) is 6.88. The number of fused-ring (bicyclic) bond motifs is 3. The summed E-state index contributed by atoms with van der Waals surface area (Å²) in [5, 5.41) is 0. The van der Waals surface area contributed by atoms with Gasteiger partial charge in [0.15, 0.2) is 0 Å². The summed E-state index contributed by atoms with van der Waals surface area (Å²) in [5.41, 5.74) is 5.95. The molecule has 1 fully saturated rings. The molecule has 0 aromatic heterocycles. The Hall–Kier alpha value is -1.06. The van der Waals surface area contributed by atoms with Crippen molar-refractivity contribution in [2.45, 2.75) is 52.1 Å². The van der Waals surface area contributed by atoms with Gasteiger partial charge in [0, 0.05) is 28.7 Å². The normalized spacial score (nSPS) is 25.4. The first-order chi connectivity index (χ1) is 11.3. The largest absolute Gasteiger partial charge is 0.351 e. The highest BCUT2D eigenvalue weighted by Gasteiger charge is 2.55. The minimum absolute atomic E-state index is 0.220. The SMILES string of the molecule is CC(C)=CCN1c2cc(Br)ccc2[C@]2(CC=C(C)C)CCN(C)C12. The highest BCUT2D eigenvalue weighted by atomic mass is 79.9. The number of benzene rings is 1. The Kier molecular flexibility index (Phi) is 4.94. The molecule has 0 bridgehead atoms. The van der Waals surface area contributed by atoms with Crippen LogP contribution in [0.2, 0.25) is 0 Å². The molecule has 2 atom stereocenters. The van der Waals surface area contributed by atoms with Crippen molar-refractivity contribution in [2.24, 2.45) is 0 Å². The lowest BCUT2D eigenvalue weighted by molar-refractivity contribution is 0.254. The molecule has 0 radical (unpaired) electrons. The average molecular weight is 389 g/mol. The first-order valence-corrected chi connectivity index (χ1v) is 9.68. The van der Waals surface area contributed by atoms with Crippen molar-refractivity contribution < 1.29 is 0 Å². The second-order valence-corrected chi connectivity index (χ2v) is 8.76. The number of allylic oxidation sites excluding steroid dienone is 3. The predicted octanol–water partition coefficient (Wildman–Crippen LogP) is 5.49. The average Bonchev–Trinajstić information content (AvgIpc) is 2.97. The van der Waals surface area contributed by atoms with E-state index in [2.05, 4.69) is 90.8 Å². The third-order valence-corrected chi connectivity index (χ3v) is 5.99. The lowest BCUT2D eigenvalue weighted by atomic mass is 9.76. The van der Waals surface area contributed by atoms with E-state index in [-0.39, 0.29) is 5.41 Å². The second-order valence-electron chi connectivity index (χ2n) is 7.84. The van der Waals surface area contributed by atoms with Gasteiger partial charge in [-0.05, 0) is 65.3 Å². The van der Waals surface area contributed by atoms with Gasteiger partial charge in [-0.3, -0.25) is 4.90 Å². The minimum atomic E-state index is 0.220. The van der Waals surface area contributed by atoms with Crippen LogP contribution >= 0.6 is 15.9 Å². The van der Waals surface area contributed by atoms with E-state index in [1.165, 1.54) is 39.8 Å². The topological polar surface area (TPSA) is 6.48 Å². The monoisotopic (exact) mass is 388 g/mol. The smallest absolute Gasteiger partial charge is 0.0923 e. The van der Waals surface area contributed by atoms with Gasteiger partial charge in [0.25, 0.3) is 0 Å². The molecule has 1 aromatic carbocycles. The number of nitrogens with zero attached hydrogens (tertiary/aromatic N) is 2. The maximum atomic E-state index is 3.68. The first kappa shape index (κ1) is 17.8. The number of anilines is 1. The highest BCUT2D eigenvalue weighted by molar-refractivity contribution is 9.10. The van der Waals surface area contributed by atoms with Crippen LogP contribution in [0, 0.1) is 0 Å². The molecule has 0 spiro atoms. The second kappa shape index (κ2) is 6.68. The van der Waals surface area contributed by atoms with Gasteiger partial charge >= 0.3 is 0 Å². The van der Waals surface area contributed by atoms with Crippen molar-refractivity contribution in [3.63, 3.8) is 0 Å². The summed E-state index contributed by atoms with van der Waals surface area (Å²) in [4.78, 5) is 5.16. The molecule has 24 heavy (non-hydrogen) atoms. The molecular weight excluding hydrogens is 360 g/mol. The van der Waals surface area contributed by atoms with Crippen molar-refractivity contribution >= 4 is 21.6 Å². The summed E-state index contributed by atoms with van der Waals surface area (Å²) >= 11 is 3.68. The summed E-state index contributed by atoms with van der Waals surface area (Å²) in [5.74, 6) is 0. The zero-order valence-electron chi connectivity index (χ0n) is 15.6. The van der Waals surface area contributed by atoms with E-state index in [0.29, 0.717) is 6.17 Å². The van der Waals surface area contributed by atoms with Gasteiger partial charge in [0.1, 0.15) is 0 Å². The Labute approximate surface area is 155 Å². The maximum absolute atomic E-state index is 3.68. The third kappa shape index (κ3) is 2.97. The Balaban J connectivity index is 2.11. The Morgan fingerprint density at radius 2 is 1.92 bits per heavy atom. The number of rotatable bonds is 4. The molecule has 2 heterocycles. The number of hydrogen-bond donors (Lipinski definition) is 0. The van der Waals surface area contributed by atoms with Gasteiger partial charge in [-0.25, -0.2) is 0 Å². The Morgan fingerprint density at radius 1 is 1.21 bits per heavy atom. The standard InChI is InChI=1S/C21H29BrN2/c1-15(2)8-10-21-11-13-23(5)20(21)24(12-9-16(3)4)19-14-17(22)6-7-18(19)21/h6-9,14,20H,10-13H2,1-5H3/t20?,21-/m0/s1. The molecule has 0 saturated carbocycles. The van der Waals surface area contributed by atoms with E-state index < -0.39 is 0 Å².